The van der Waals surface area contributed by atoms with Gasteiger partial charge in [0.1, 0.15) is 0 Å². The summed E-state index contributed by atoms with van der Waals surface area (Å²) in [5, 5.41) is 12.3. The summed E-state index contributed by atoms with van der Waals surface area (Å²) in [4.78, 5) is 4.56. The van der Waals surface area contributed by atoms with Gasteiger partial charge in [0.2, 0.25) is 0 Å². The van der Waals surface area contributed by atoms with Crippen molar-refractivity contribution >= 4 is 5.82 Å². The van der Waals surface area contributed by atoms with E-state index in [1.54, 1.807) is 6.20 Å². The van der Waals surface area contributed by atoms with E-state index in [-0.39, 0.29) is 6.10 Å². The summed E-state index contributed by atoms with van der Waals surface area (Å²) in [7, 11) is 3.98. The Kier molecular flexibility index (Phi) is 5.19. The van der Waals surface area contributed by atoms with Crippen molar-refractivity contribution in [2.45, 2.75) is 12.5 Å². The molecule has 2 aromatic heterocycles. The van der Waals surface area contributed by atoms with Gasteiger partial charge in [-0.15, -0.1) is 5.10 Å². The third kappa shape index (κ3) is 4.49. The third-order valence-electron chi connectivity index (χ3n) is 4.12. The van der Waals surface area contributed by atoms with Gasteiger partial charge in [-0.2, -0.15) is 10.2 Å². The highest BCUT2D eigenvalue weighted by Crippen LogP contribution is 2.12. The van der Waals surface area contributed by atoms with Crippen LogP contribution in [0, 0.1) is 0 Å². The van der Waals surface area contributed by atoms with Crippen molar-refractivity contribution in [2.24, 2.45) is 7.05 Å². The molecule has 0 bridgehead atoms. The number of hydrogen-bond donors (Lipinski definition) is 0. The first-order valence-electron chi connectivity index (χ1n) is 8.01. The molecule has 1 aliphatic rings. The monoisotopic (exact) mass is 316 g/mol. The molecule has 23 heavy (non-hydrogen) atoms. The lowest BCUT2D eigenvalue weighted by molar-refractivity contribution is -0.0231. The molecule has 1 saturated heterocycles. The second kappa shape index (κ2) is 7.52. The zero-order valence-corrected chi connectivity index (χ0v) is 13.8. The molecular formula is C16H24N6O. The van der Waals surface area contributed by atoms with E-state index in [1.165, 1.54) is 5.56 Å². The van der Waals surface area contributed by atoms with Gasteiger partial charge in [-0.1, -0.05) is 0 Å². The van der Waals surface area contributed by atoms with Crippen LogP contribution in [0.4, 0.5) is 5.82 Å². The van der Waals surface area contributed by atoms with Crippen molar-refractivity contribution in [3.8, 4) is 0 Å². The van der Waals surface area contributed by atoms with Gasteiger partial charge in [0.15, 0.2) is 5.82 Å². The Morgan fingerprint density at radius 2 is 2.35 bits per heavy atom. The first-order valence-corrected chi connectivity index (χ1v) is 8.01. The minimum absolute atomic E-state index is 0.199. The zero-order valence-electron chi connectivity index (χ0n) is 13.8. The maximum atomic E-state index is 5.91. The third-order valence-corrected chi connectivity index (χ3v) is 4.12. The number of rotatable bonds is 6. The number of morpholine rings is 1. The predicted molar refractivity (Wildman–Crippen MR) is 88.4 cm³/mol. The minimum Gasteiger partial charge on any atom is -0.374 e. The van der Waals surface area contributed by atoms with E-state index >= 15 is 0 Å². The minimum atomic E-state index is 0.199. The topological polar surface area (TPSA) is 59.3 Å². The molecule has 1 atom stereocenters. The van der Waals surface area contributed by atoms with Crippen molar-refractivity contribution in [3.05, 3.63) is 36.3 Å². The molecule has 0 N–H and O–H groups in total. The summed E-state index contributed by atoms with van der Waals surface area (Å²) in [5.74, 6) is 0.878. The summed E-state index contributed by atoms with van der Waals surface area (Å²) in [6, 6.07) is 3.87. The maximum Gasteiger partial charge on any atom is 0.151 e. The van der Waals surface area contributed by atoms with Crippen LogP contribution < -0.4 is 4.90 Å². The Balaban J connectivity index is 1.48. The highest BCUT2D eigenvalue weighted by atomic mass is 16.5. The molecule has 0 aliphatic carbocycles. The number of aryl methyl sites for hydroxylation is 1. The second-order valence-electron chi connectivity index (χ2n) is 6.03. The Bertz CT molecular complexity index is 602. The Morgan fingerprint density at radius 1 is 1.43 bits per heavy atom. The Labute approximate surface area is 136 Å². The summed E-state index contributed by atoms with van der Waals surface area (Å²) in [5.41, 5.74) is 1.28. The van der Waals surface area contributed by atoms with Crippen molar-refractivity contribution in [1.29, 1.82) is 0 Å². The molecule has 7 nitrogen and oxygen atoms in total. The van der Waals surface area contributed by atoms with Gasteiger partial charge in [0.05, 0.1) is 18.9 Å². The summed E-state index contributed by atoms with van der Waals surface area (Å²) < 4.78 is 7.76. The highest BCUT2D eigenvalue weighted by Gasteiger charge is 2.22. The molecule has 1 fully saturated rings. The fraction of sp³-hybridized carbons (Fsp3) is 0.562. The van der Waals surface area contributed by atoms with E-state index in [0.717, 1.165) is 45.0 Å². The molecule has 7 heteroatoms. The molecule has 0 saturated carbocycles. The molecule has 0 radical (unpaired) electrons. The molecule has 3 heterocycles. The fourth-order valence-corrected chi connectivity index (χ4v) is 2.88. The van der Waals surface area contributed by atoms with Crippen LogP contribution in [0.25, 0.3) is 0 Å². The highest BCUT2D eigenvalue weighted by molar-refractivity contribution is 5.35. The lowest BCUT2D eigenvalue weighted by Crippen LogP contribution is -2.47. The summed E-state index contributed by atoms with van der Waals surface area (Å²) in [6.07, 6.45) is 6.94. The Hall–Kier alpha value is -1.99. The predicted octanol–water partition coefficient (Wildman–Crippen LogP) is 0.590. The first-order chi connectivity index (χ1) is 11.2. The molecular weight excluding hydrogens is 292 g/mol. The largest absolute Gasteiger partial charge is 0.374 e. The number of anilines is 1. The molecule has 0 spiro atoms. The maximum absolute atomic E-state index is 5.91. The lowest BCUT2D eigenvalue weighted by Gasteiger charge is -2.34. The Morgan fingerprint density at radius 3 is 3.09 bits per heavy atom. The second-order valence-corrected chi connectivity index (χ2v) is 6.03. The van der Waals surface area contributed by atoms with Gasteiger partial charge >= 0.3 is 0 Å². The van der Waals surface area contributed by atoms with E-state index in [2.05, 4.69) is 31.3 Å². The summed E-state index contributed by atoms with van der Waals surface area (Å²) in [6.45, 7) is 4.59. The molecule has 124 valence electrons. The molecule has 1 aliphatic heterocycles. The van der Waals surface area contributed by atoms with Crippen molar-refractivity contribution in [1.82, 2.24) is 24.9 Å². The van der Waals surface area contributed by atoms with Crippen LogP contribution in [0.1, 0.15) is 5.56 Å². The van der Waals surface area contributed by atoms with Gasteiger partial charge in [-0.25, -0.2) is 0 Å². The van der Waals surface area contributed by atoms with Crippen molar-refractivity contribution in [2.75, 3.05) is 44.7 Å². The van der Waals surface area contributed by atoms with Gasteiger partial charge in [-0.05, 0) is 24.1 Å². The van der Waals surface area contributed by atoms with Crippen LogP contribution >= 0.6 is 0 Å². The first kappa shape index (κ1) is 15.9. The van der Waals surface area contributed by atoms with Crippen molar-refractivity contribution in [3.63, 3.8) is 0 Å². The molecule has 1 unspecified atom stereocenters. The van der Waals surface area contributed by atoms with Gasteiger partial charge in [-0.3, -0.25) is 9.58 Å². The molecule has 0 amide bonds. The average Bonchev–Trinajstić information content (AvgIpc) is 3.00. The van der Waals surface area contributed by atoms with E-state index in [4.69, 9.17) is 4.74 Å². The van der Waals surface area contributed by atoms with Crippen LogP contribution in [-0.4, -0.2) is 70.8 Å². The van der Waals surface area contributed by atoms with Crippen LogP contribution in [0.2, 0.25) is 0 Å². The van der Waals surface area contributed by atoms with Crippen LogP contribution in [0.15, 0.2) is 30.7 Å². The van der Waals surface area contributed by atoms with E-state index in [0.29, 0.717) is 0 Å². The van der Waals surface area contributed by atoms with Gasteiger partial charge in [0.25, 0.3) is 0 Å². The number of likely N-dealkylation sites (N-methyl/N-ethyl adjacent to an activating group) is 1. The quantitative estimate of drug-likeness (QED) is 0.777. The standard InChI is InChI=1S/C16H24N6O/c1-20(16-4-3-6-17-19-16)12-15-13-22(8-9-23-15)7-5-14-10-18-21(2)11-14/h3-4,6,10-11,15H,5,7-9,12-13H2,1-2H3. The lowest BCUT2D eigenvalue weighted by atomic mass is 10.2. The smallest absolute Gasteiger partial charge is 0.151 e. The zero-order chi connectivity index (χ0) is 16.1. The van der Waals surface area contributed by atoms with Gasteiger partial charge < -0.3 is 9.64 Å². The molecule has 2 aromatic rings. The van der Waals surface area contributed by atoms with Gasteiger partial charge in [0, 0.05) is 52.7 Å². The SMILES string of the molecule is CN(CC1CN(CCc2cnn(C)c2)CCO1)c1cccnn1. The normalized spacial score (nSPS) is 19.0. The van der Waals surface area contributed by atoms with E-state index in [9.17, 15) is 0 Å². The molecule has 3 rings (SSSR count). The van der Waals surface area contributed by atoms with E-state index < -0.39 is 0 Å². The van der Waals surface area contributed by atoms with Crippen LogP contribution in [0.5, 0.6) is 0 Å². The average molecular weight is 316 g/mol. The summed E-state index contributed by atoms with van der Waals surface area (Å²) >= 11 is 0. The number of aromatic nitrogens is 4. The van der Waals surface area contributed by atoms with Crippen LogP contribution in [0.3, 0.4) is 0 Å². The van der Waals surface area contributed by atoms with Crippen LogP contribution in [-0.2, 0) is 18.2 Å². The number of hydrogen-bond acceptors (Lipinski definition) is 6. The number of nitrogens with zero attached hydrogens (tertiary/aromatic N) is 6. The van der Waals surface area contributed by atoms with Crippen molar-refractivity contribution < 1.29 is 4.74 Å². The number of ether oxygens (including phenoxy) is 1. The fourth-order valence-electron chi connectivity index (χ4n) is 2.88. The van der Waals surface area contributed by atoms with E-state index in [1.807, 2.05) is 37.1 Å². The molecule has 0 aromatic carbocycles.